The van der Waals surface area contributed by atoms with E-state index in [2.05, 4.69) is 9.72 Å². The number of rotatable bonds is 3. The Morgan fingerprint density at radius 2 is 2.17 bits per heavy atom. The van der Waals surface area contributed by atoms with Crippen molar-refractivity contribution in [3.8, 4) is 11.8 Å². The van der Waals surface area contributed by atoms with Crippen LogP contribution in [0.3, 0.4) is 0 Å². The van der Waals surface area contributed by atoms with Gasteiger partial charge in [0, 0.05) is 6.20 Å². The van der Waals surface area contributed by atoms with E-state index in [1.54, 1.807) is 11.5 Å². The van der Waals surface area contributed by atoms with Gasteiger partial charge in [-0.05, 0) is 12.1 Å². The first-order chi connectivity index (χ1) is 10.8. The number of hydrogen-bond acceptors (Lipinski definition) is 6. The number of hydrogen-bond donors (Lipinski definition) is 2. The topological polar surface area (TPSA) is 100 Å². The van der Waals surface area contributed by atoms with Crippen LogP contribution in [-0.2, 0) is 10.9 Å². The molecule has 0 atom stereocenters. The van der Waals surface area contributed by atoms with Gasteiger partial charge in [0.2, 0.25) is 0 Å². The van der Waals surface area contributed by atoms with E-state index in [1.807, 2.05) is 0 Å². The highest BCUT2D eigenvalue weighted by molar-refractivity contribution is 5.96. The van der Waals surface area contributed by atoms with E-state index < -0.39 is 29.1 Å². The minimum absolute atomic E-state index is 0.0953. The number of ether oxygens (including phenoxy) is 1. The Hall–Kier alpha value is -3.06. The predicted octanol–water partition coefficient (Wildman–Crippen LogP) is 2.35. The van der Waals surface area contributed by atoms with Crippen LogP contribution in [0.1, 0.15) is 21.6 Å². The summed E-state index contributed by atoms with van der Waals surface area (Å²) >= 11 is 0. The first-order valence-electron chi connectivity index (χ1n) is 6.00. The van der Waals surface area contributed by atoms with Crippen LogP contribution in [0.15, 0.2) is 24.7 Å². The van der Waals surface area contributed by atoms with Crippen LogP contribution in [0, 0.1) is 11.3 Å². The normalized spacial score (nSPS) is 11.0. The Labute approximate surface area is 127 Å². The maximum absolute atomic E-state index is 13.2. The summed E-state index contributed by atoms with van der Waals surface area (Å²) in [5.74, 6) is -0.947. The van der Waals surface area contributed by atoms with Crippen LogP contribution in [0.5, 0.6) is 0 Å². The van der Waals surface area contributed by atoms with Crippen LogP contribution >= 0.6 is 0 Å². The van der Waals surface area contributed by atoms with Crippen molar-refractivity contribution in [3.05, 3.63) is 41.5 Å². The molecule has 2 N–H and O–H groups in total. The van der Waals surface area contributed by atoms with Gasteiger partial charge in [0.05, 0.1) is 29.6 Å². The van der Waals surface area contributed by atoms with Crippen molar-refractivity contribution in [2.75, 3.05) is 12.6 Å². The molecule has 0 amide bonds. The lowest BCUT2D eigenvalue weighted by molar-refractivity contribution is -0.137. The number of nitrogens with zero attached hydrogens (tertiary/aromatic N) is 3. The lowest BCUT2D eigenvalue weighted by Crippen LogP contribution is -2.14. The molecular formula is C13H9F3N4O3. The molecule has 0 saturated carbocycles. The van der Waals surface area contributed by atoms with E-state index in [-0.39, 0.29) is 11.3 Å². The average Bonchev–Trinajstić information content (AvgIpc) is 3.00. The Balaban J connectivity index is 2.76. The molecule has 0 saturated heterocycles. The van der Waals surface area contributed by atoms with Crippen LogP contribution in [0.2, 0.25) is 0 Å². The van der Waals surface area contributed by atoms with Crippen molar-refractivity contribution in [1.82, 2.24) is 9.55 Å². The molecule has 7 nitrogen and oxygen atoms in total. The number of esters is 1. The molecule has 2 rings (SSSR count). The first kappa shape index (κ1) is 16.3. The summed E-state index contributed by atoms with van der Waals surface area (Å²) in [6.07, 6.45) is -2.68. The largest absolute Gasteiger partial charge is 0.465 e. The zero-order valence-electron chi connectivity index (χ0n) is 11.5. The second-order valence-corrected chi connectivity index (χ2v) is 4.29. The van der Waals surface area contributed by atoms with Gasteiger partial charge in [0.25, 0.3) is 0 Å². The fraction of sp³-hybridized carbons (Fsp3) is 0.154. The van der Waals surface area contributed by atoms with Gasteiger partial charge in [-0.3, -0.25) is 10.7 Å². The number of carbonyl (C=O) groups excluding carboxylic acids is 1. The fourth-order valence-corrected chi connectivity index (χ4v) is 1.91. The highest BCUT2D eigenvalue weighted by Crippen LogP contribution is 2.37. The van der Waals surface area contributed by atoms with E-state index >= 15 is 0 Å². The number of nitriles is 1. The fourth-order valence-electron chi connectivity index (χ4n) is 1.91. The van der Waals surface area contributed by atoms with E-state index in [4.69, 9.17) is 10.5 Å². The SMILES string of the molecule is COC(=O)c1cc(-n2cnc(C#N)c2)c(C(F)(F)F)cc1NO. The minimum Gasteiger partial charge on any atom is -0.465 e. The van der Waals surface area contributed by atoms with Gasteiger partial charge in [-0.2, -0.15) is 18.4 Å². The summed E-state index contributed by atoms with van der Waals surface area (Å²) < 4.78 is 45.1. The smallest absolute Gasteiger partial charge is 0.418 e. The molecule has 0 unspecified atom stereocenters. The second-order valence-electron chi connectivity index (χ2n) is 4.29. The molecule has 0 fully saturated rings. The first-order valence-corrected chi connectivity index (χ1v) is 6.00. The van der Waals surface area contributed by atoms with Gasteiger partial charge in [-0.25, -0.2) is 9.78 Å². The molecule has 0 spiro atoms. The molecule has 1 heterocycles. The van der Waals surface area contributed by atoms with Gasteiger partial charge in [-0.15, -0.1) is 0 Å². The van der Waals surface area contributed by atoms with Crippen molar-refractivity contribution in [2.24, 2.45) is 0 Å². The van der Waals surface area contributed by atoms with E-state index in [0.29, 0.717) is 6.07 Å². The van der Waals surface area contributed by atoms with Gasteiger partial charge in [0.1, 0.15) is 12.4 Å². The molecular weight excluding hydrogens is 317 g/mol. The van der Waals surface area contributed by atoms with Crippen molar-refractivity contribution in [3.63, 3.8) is 0 Å². The van der Waals surface area contributed by atoms with Crippen LogP contribution in [0.25, 0.3) is 5.69 Å². The summed E-state index contributed by atoms with van der Waals surface area (Å²) in [6, 6.07) is 3.14. The highest BCUT2D eigenvalue weighted by Gasteiger charge is 2.36. The summed E-state index contributed by atoms with van der Waals surface area (Å²) in [7, 11) is 1.05. The third-order valence-corrected chi connectivity index (χ3v) is 2.94. The zero-order valence-corrected chi connectivity index (χ0v) is 11.5. The molecule has 23 heavy (non-hydrogen) atoms. The molecule has 10 heteroatoms. The molecule has 120 valence electrons. The van der Waals surface area contributed by atoms with E-state index in [0.717, 1.165) is 30.3 Å². The van der Waals surface area contributed by atoms with Gasteiger partial charge < -0.3 is 9.30 Å². The standard InChI is InChI=1S/C13H9F3N4O3/c1-23-12(21)8-2-11(20-5-7(4-17)18-6-20)9(13(14,15)16)3-10(8)19-22/h2-3,5-6,19,22H,1H3. The number of halogens is 3. The lowest BCUT2D eigenvalue weighted by atomic mass is 10.1. The molecule has 0 radical (unpaired) electrons. The third kappa shape index (κ3) is 3.09. The number of nitrogens with one attached hydrogen (secondary N) is 1. The Morgan fingerprint density at radius 1 is 1.48 bits per heavy atom. The van der Waals surface area contributed by atoms with E-state index in [1.165, 1.54) is 0 Å². The number of methoxy groups -OCH3 is 1. The van der Waals surface area contributed by atoms with Crippen LogP contribution in [-0.4, -0.2) is 27.8 Å². The second kappa shape index (κ2) is 5.98. The average molecular weight is 326 g/mol. The summed E-state index contributed by atoms with van der Waals surface area (Å²) in [6.45, 7) is 0. The molecule has 0 aliphatic heterocycles. The number of alkyl halides is 3. The molecule has 0 aliphatic rings. The summed E-state index contributed by atoms with van der Waals surface area (Å²) in [4.78, 5) is 15.3. The highest BCUT2D eigenvalue weighted by atomic mass is 19.4. The third-order valence-electron chi connectivity index (χ3n) is 2.94. The molecule has 1 aromatic carbocycles. The molecule has 0 bridgehead atoms. The number of anilines is 1. The zero-order chi connectivity index (χ0) is 17.2. The monoisotopic (exact) mass is 326 g/mol. The predicted molar refractivity (Wildman–Crippen MR) is 70.0 cm³/mol. The van der Waals surface area contributed by atoms with Crippen molar-refractivity contribution in [1.29, 1.82) is 5.26 Å². The van der Waals surface area contributed by atoms with E-state index in [9.17, 15) is 18.0 Å². The van der Waals surface area contributed by atoms with Crippen molar-refractivity contribution >= 4 is 11.7 Å². The number of carbonyl (C=O) groups is 1. The quantitative estimate of drug-likeness (QED) is 0.663. The van der Waals surface area contributed by atoms with Crippen molar-refractivity contribution in [2.45, 2.75) is 6.18 Å². The van der Waals surface area contributed by atoms with Gasteiger partial charge in [-0.1, -0.05) is 0 Å². The number of benzene rings is 1. The van der Waals surface area contributed by atoms with Crippen LogP contribution < -0.4 is 5.48 Å². The Bertz CT molecular complexity index is 793. The molecule has 2 aromatic rings. The summed E-state index contributed by atoms with van der Waals surface area (Å²) in [5.41, 5.74) is -0.908. The molecule has 1 aromatic heterocycles. The van der Waals surface area contributed by atoms with Crippen molar-refractivity contribution < 1.29 is 27.9 Å². The summed E-state index contributed by atoms with van der Waals surface area (Å²) in [5, 5.41) is 17.7. The van der Waals surface area contributed by atoms with Gasteiger partial charge >= 0.3 is 12.1 Å². The Morgan fingerprint density at radius 3 is 2.65 bits per heavy atom. The maximum atomic E-state index is 13.2. The Kier molecular flexibility index (Phi) is 4.24. The number of aromatic nitrogens is 2. The molecule has 0 aliphatic carbocycles. The van der Waals surface area contributed by atoms with Gasteiger partial charge in [0.15, 0.2) is 5.69 Å². The lowest BCUT2D eigenvalue weighted by Gasteiger charge is -2.17. The minimum atomic E-state index is -4.77. The number of imidazole rings is 1. The van der Waals surface area contributed by atoms with Crippen LogP contribution in [0.4, 0.5) is 18.9 Å². The maximum Gasteiger partial charge on any atom is 0.418 e.